The molecule has 84 valence electrons. The molecule has 16 heavy (non-hydrogen) atoms. The summed E-state index contributed by atoms with van der Waals surface area (Å²) in [7, 11) is 0. The Morgan fingerprint density at radius 1 is 1.56 bits per heavy atom. The van der Waals surface area contributed by atoms with E-state index in [9.17, 15) is 4.79 Å². The van der Waals surface area contributed by atoms with Crippen LogP contribution in [0.25, 0.3) is 0 Å². The van der Waals surface area contributed by atoms with E-state index in [4.69, 9.17) is 15.8 Å². The van der Waals surface area contributed by atoms with Crippen molar-refractivity contribution in [2.75, 3.05) is 0 Å². The molecule has 0 unspecified atom stereocenters. The van der Waals surface area contributed by atoms with Crippen LogP contribution in [0.4, 0.5) is 0 Å². The molecule has 1 rings (SSSR count). The normalized spacial score (nSPS) is 9.69. The van der Waals surface area contributed by atoms with Crippen LogP contribution in [0.3, 0.4) is 0 Å². The molecule has 0 radical (unpaired) electrons. The van der Waals surface area contributed by atoms with Gasteiger partial charge in [0.25, 0.3) is 5.91 Å². The fraction of sp³-hybridized carbons (Fsp3) is 0.273. The van der Waals surface area contributed by atoms with Gasteiger partial charge in [-0.3, -0.25) is 10.2 Å². The first-order chi connectivity index (χ1) is 7.58. The SMILES string of the molecule is CC(C)Oc1ccc(C(=O)NN)cc1C#N. The summed E-state index contributed by atoms with van der Waals surface area (Å²) in [5.41, 5.74) is 2.65. The van der Waals surface area contributed by atoms with Gasteiger partial charge in [-0.15, -0.1) is 0 Å². The number of benzene rings is 1. The van der Waals surface area contributed by atoms with Crippen LogP contribution in [0, 0.1) is 11.3 Å². The third-order valence-corrected chi connectivity index (χ3v) is 1.86. The van der Waals surface area contributed by atoms with Crippen molar-refractivity contribution in [1.29, 1.82) is 5.26 Å². The summed E-state index contributed by atoms with van der Waals surface area (Å²) in [5.74, 6) is 5.03. The highest BCUT2D eigenvalue weighted by Crippen LogP contribution is 2.20. The average molecular weight is 219 g/mol. The Kier molecular flexibility index (Phi) is 3.86. The van der Waals surface area contributed by atoms with Gasteiger partial charge in [-0.25, -0.2) is 5.84 Å². The molecule has 0 bridgehead atoms. The number of nitrogen functional groups attached to an aromatic ring is 1. The van der Waals surface area contributed by atoms with E-state index < -0.39 is 5.91 Å². The van der Waals surface area contributed by atoms with Crippen molar-refractivity contribution in [3.63, 3.8) is 0 Å². The van der Waals surface area contributed by atoms with Crippen LogP contribution < -0.4 is 16.0 Å². The molecule has 0 spiro atoms. The first-order valence-corrected chi connectivity index (χ1v) is 4.80. The summed E-state index contributed by atoms with van der Waals surface area (Å²) in [6.07, 6.45) is -0.0266. The number of hydrogen-bond donors (Lipinski definition) is 2. The van der Waals surface area contributed by atoms with Gasteiger partial charge in [0, 0.05) is 5.56 Å². The van der Waals surface area contributed by atoms with Crippen molar-refractivity contribution >= 4 is 5.91 Å². The lowest BCUT2D eigenvalue weighted by Gasteiger charge is -2.11. The van der Waals surface area contributed by atoms with Gasteiger partial charge in [-0.05, 0) is 32.0 Å². The second-order valence-electron chi connectivity index (χ2n) is 3.46. The van der Waals surface area contributed by atoms with Crippen molar-refractivity contribution in [3.8, 4) is 11.8 Å². The van der Waals surface area contributed by atoms with Gasteiger partial charge in [0.05, 0.1) is 11.7 Å². The lowest BCUT2D eigenvalue weighted by molar-refractivity contribution is 0.0953. The molecule has 3 N–H and O–H groups in total. The molecule has 1 aromatic rings. The number of hydrogen-bond acceptors (Lipinski definition) is 4. The lowest BCUT2D eigenvalue weighted by atomic mass is 10.1. The van der Waals surface area contributed by atoms with Crippen molar-refractivity contribution in [2.24, 2.45) is 5.84 Å². The predicted molar refractivity (Wildman–Crippen MR) is 58.6 cm³/mol. The van der Waals surface area contributed by atoms with Crippen LogP contribution in [0.1, 0.15) is 29.8 Å². The molecular weight excluding hydrogens is 206 g/mol. The largest absolute Gasteiger partial charge is 0.490 e. The Hall–Kier alpha value is -2.06. The predicted octanol–water partition coefficient (Wildman–Crippen LogP) is 0.949. The molecule has 0 aliphatic carbocycles. The minimum atomic E-state index is -0.437. The summed E-state index contributed by atoms with van der Waals surface area (Å²) in [6.45, 7) is 3.73. The van der Waals surface area contributed by atoms with Gasteiger partial charge < -0.3 is 4.74 Å². The average Bonchev–Trinajstić information content (AvgIpc) is 2.27. The number of nitriles is 1. The number of rotatable bonds is 3. The van der Waals surface area contributed by atoms with Crippen LogP contribution in [0.5, 0.6) is 5.75 Å². The Morgan fingerprint density at radius 3 is 2.75 bits per heavy atom. The molecule has 0 aliphatic heterocycles. The maximum Gasteiger partial charge on any atom is 0.265 e. The minimum absolute atomic E-state index is 0.0266. The van der Waals surface area contributed by atoms with Crippen LogP contribution in [-0.2, 0) is 0 Å². The van der Waals surface area contributed by atoms with Crippen molar-refractivity contribution in [1.82, 2.24) is 5.43 Å². The highest BCUT2D eigenvalue weighted by Gasteiger charge is 2.10. The summed E-state index contributed by atoms with van der Waals surface area (Å²) in [4.78, 5) is 11.2. The number of carbonyl (C=O) groups excluding carboxylic acids is 1. The second kappa shape index (κ2) is 5.14. The maximum absolute atomic E-state index is 11.2. The summed E-state index contributed by atoms with van der Waals surface area (Å²) >= 11 is 0. The Morgan fingerprint density at radius 2 is 2.25 bits per heavy atom. The van der Waals surface area contributed by atoms with Crippen LogP contribution >= 0.6 is 0 Å². The molecule has 0 saturated heterocycles. The standard InChI is InChI=1S/C11H13N3O2/c1-7(2)16-10-4-3-8(11(15)14-13)5-9(10)6-12/h3-5,7H,13H2,1-2H3,(H,14,15). The van der Waals surface area contributed by atoms with E-state index in [1.165, 1.54) is 6.07 Å². The van der Waals surface area contributed by atoms with Crippen molar-refractivity contribution in [2.45, 2.75) is 20.0 Å². The quantitative estimate of drug-likeness (QED) is 0.450. The highest BCUT2D eigenvalue weighted by atomic mass is 16.5. The molecule has 5 heteroatoms. The van der Waals surface area contributed by atoms with Crippen LogP contribution in [0.15, 0.2) is 18.2 Å². The number of nitrogens with two attached hydrogens (primary N) is 1. The van der Waals surface area contributed by atoms with Gasteiger partial charge in [0.2, 0.25) is 0 Å². The maximum atomic E-state index is 11.2. The van der Waals surface area contributed by atoms with Gasteiger partial charge >= 0.3 is 0 Å². The fourth-order valence-corrected chi connectivity index (χ4v) is 1.20. The van der Waals surface area contributed by atoms with E-state index in [1.807, 2.05) is 25.3 Å². The topological polar surface area (TPSA) is 88.1 Å². The molecule has 1 aromatic carbocycles. The van der Waals surface area contributed by atoms with E-state index in [1.54, 1.807) is 12.1 Å². The van der Waals surface area contributed by atoms with E-state index in [-0.39, 0.29) is 6.10 Å². The molecular formula is C11H13N3O2. The van der Waals surface area contributed by atoms with Crippen molar-refractivity contribution in [3.05, 3.63) is 29.3 Å². The van der Waals surface area contributed by atoms with Gasteiger partial charge in [-0.1, -0.05) is 0 Å². The number of nitrogens with zero attached hydrogens (tertiary/aromatic N) is 1. The first kappa shape index (κ1) is 12.0. The Labute approximate surface area is 93.8 Å². The smallest absolute Gasteiger partial charge is 0.265 e. The molecule has 1 amide bonds. The molecule has 5 nitrogen and oxygen atoms in total. The number of amides is 1. The monoisotopic (exact) mass is 219 g/mol. The van der Waals surface area contributed by atoms with E-state index in [0.717, 1.165) is 0 Å². The molecule has 0 saturated carbocycles. The molecule has 0 aromatic heterocycles. The first-order valence-electron chi connectivity index (χ1n) is 4.80. The van der Waals surface area contributed by atoms with E-state index >= 15 is 0 Å². The molecule has 0 heterocycles. The second-order valence-corrected chi connectivity index (χ2v) is 3.46. The summed E-state index contributed by atoms with van der Waals surface area (Å²) in [5, 5.41) is 8.92. The third-order valence-electron chi connectivity index (χ3n) is 1.86. The van der Waals surface area contributed by atoms with Gasteiger partial charge in [-0.2, -0.15) is 5.26 Å². The Balaban J connectivity index is 3.08. The summed E-state index contributed by atoms with van der Waals surface area (Å²) < 4.78 is 5.42. The highest BCUT2D eigenvalue weighted by molar-refractivity contribution is 5.94. The molecule has 0 fully saturated rings. The number of ether oxygens (including phenoxy) is 1. The molecule has 0 atom stereocenters. The zero-order valence-electron chi connectivity index (χ0n) is 9.15. The molecule has 0 aliphatic rings. The number of carbonyl (C=O) groups is 1. The number of nitrogens with one attached hydrogen (secondary N) is 1. The zero-order valence-corrected chi connectivity index (χ0v) is 9.15. The van der Waals surface area contributed by atoms with Crippen molar-refractivity contribution < 1.29 is 9.53 Å². The summed E-state index contributed by atoms with van der Waals surface area (Å²) in [6, 6.07) is 6.56. The van der Waals surface area contributed by atoms with Gasteiger partial charge in [0.15, 0.2) is 0 Å². The number of hydrazine groups is 1. The fourth-order valence-electron chi connectivity index (χ4n) is 1.20. The zero-order chi connectivity index (χ0) is 12.1. The van der Waals surface area contributed by atoms with Gasteiger partial charge in [0.1, 0.15) is 11.8 Å². The van der Waals surface area contributed by atoms with E-state index in [0.29, 0.717) is 16.9 Å². The van der Waals surface area contributed by atoms with E-state index in [2.05, 4.69) is 0 Å². The third kappa shape index (κ3) is 2.72. The van der Waals surface area contributed by atoms with Crippen LogP contribution in [0.2, 0.25) is 0 Å². The minimum Gasteiger partial charge on any atom is -0.490 e. The van der Waals surface area contributed by atoms with Crippen LogP contribution in [-0.4, -0.2) is 12.0 Å². The lowest BCUT2D eigenvalue weighted by Crippen LogP contribution is -2.30. The Bertz CT molecular complexity index is 435.